The molecule has 116 valence electrons. The van der Waals surface area contributed by atoms with E-state index in [9.17, 15) is 4.39 Å². The first kappa shape index (κ1) is 17.2. The third-order valence-electron chi connectivity index (χ3n) is 2.83. The van der Waals surface area contributed by atoms with Gasteiger partial charge in [0.15, 0.2) is 5.11 Å². The zero-order valence-electron chi connectivity index (χ0n) is 11.8. The van der Waals surface area contributed by atoms with Gasteiger partial charge in [0.05, 0.1) is 0 Å². The summed E-state index contributed by atoms with van der Waals surface area (Å²) >= 11 is 10.3. The van der Waals surface area contributed by atoms with Gasteiger partial charge in [0.2, 0.25) is 0 Å². The molecule has 2 nitrogen and oxygen atoms in total. The van der Waals surface area contributed by atoms with Crippen molar-refractivity contribution in [3.05, 3.63) is 64.4 Å². The summed E-state index contributed by atoms with van der Waals surface area (Å²) in [5.74, 6) is 1.38. The van der Waals surface area contributed by atoms with Crippen LogP contribution in [-0.2, 0) is 5.75 Å². The van der Waals surface area contributed by atoms with Crippen molar-refractivity contribution in [2.45, 2.75) is 5.75 Å². The highest BCUT2D eigenvalue weighted by molar-refractivity contribution is 9.10. The van der Waals surface area contributed by atoms with Gasteiger partial charge in [0.25, 0.3) is 0 Å². The quantitative estimate of drug-likeness (QED) is 0.538. The van der Waals surface area contributed by atoms with Crippen molar-refractivity contribution in [3.8, 4) is 0 Å². The van der Waals surface area contributed by atoms with Crippen LogP contribution in [0.3, 0.4) is 0 Å². The van der Waals surface area contributed by atoms with E-state index in [2.05, 4.69) is 26.6 Å². The second kappa shape index (κ2) is 9.12. The van der Waals surface area contributed by atoms with Gasteiger partial charge in [-0.2, -0.15) is 11.8 Å². The maximum Gasteiger partial charge on any atom is 0.170 e. The third-order valence-corrected chi connectivity index (χ3v) is 4.58. The van der Waals surface area contributed by atoms with Gasteiger partial charge in [-0.15, -0.1) is 0 Å². The molecule has 0 unspecified atom stereocenters. The first-order valence-electron chi connectivity index (χ1n) is 6.77. The van der Waals surface area contributed by atoms with Gasteiger partial charge in [0.1, 0.15) is 5.82 Å². The summed E-state index contributed by atoms with van der Waals surface area (Å²) in [4.78, 5) is 0. The highest BCUT2D eigenvalue weighted by Gasteiger charge is 2.01. The number of rotatable bonds is 6. The first-order chi connectivity index (χ1) is 10.6. The van der Waals surface area contributed by atoms with E-state index < -0.39 is 0 Å². The van der Waals surface area contributed by atoms with Crippen LogP contribution in [0, 0.1) is 5.82 Å². The average molecular weight is 399 g/mol. The average Bonchev–Trinajstić information content (AvgIpc) is 2.48. The van der Waals surface area contributed by atoms with E-state index in [1.165, 1.54) is 6.07 Å². The zero-order chi connectivity index (χ0) is 15.8. The monoisotopic (exact) mass is 398 g/mol. The molecule has 2 N–H and O–H groups in total. The maximum atomic E-state index is 13.4. The number of benzene rings is 2. The maximum absolute atomic E-state index is 13.4. The molecule has 0 spiro atoms. The summed E-state index contributed by atoms with van der Waals surface area (Å²) in [5, 5.41) is 6.85. The van der Waals surface area contributed by atoms with Crippen molar-refractivity contribution in [3.63, 3.8) is 0 Å². The van der Waals surface area contributed by atoms with E-state index in [0.717, 1.165) is 28.0 Å². The molecule has 0 aliphatic carbocycles. The van der Waals surface area contributed by atoms with Gasteiger partial charge >= 0.3 is 0 Å². The lowest BCUT2D eigenvalue weighted by atomic mass is 10.2. The van der Waals surface area contributed by atoms with Gasteiger partial charge in [-0.05, 0) is 42.0 Å². The topological polar surface area (TPSA) is 24.1 Å². The van der Waals surface area contributed by atoms with Crippen LogP contribution in [0.1, 0.15) is 5.56 Å². The van der Waals surface area contributed by atoms with Gasteiger partial charge in [-0.25, -0.2) is 4.39 Å². The zero-order valence-corrected chi connectivity index (χ0v) is 15.0. The summed E-state index contributed by atoms with van der Waals surface area (Å²) in [6, 6.07) is 14.7. The number of anilines is 1. The van der Waals surface area contributed by atoms with Crippen LogP contribution in [0.5, 0.6) is 0 Å². The predicted octanol–water partition coefficient (Wildman–Crippen LogP) is 4.81. The SMILES string of the molecule is Fc1ccccc1CSCCNC(=S)Nc1cccc(Br)c1. The van der Waals surface area contributed by atoms with E-state index in [-0.39, 0.29) is 5.82 Å². The Morgan fingerprint density at radius 1 is 1.18 bits per heavy atom. The van der Waals surface area contributed by atoms with Crippen LogP contribution in [0.2, 0.25) is 0 Å². The minimum absolute atomic E-state index is 0.144. The normalized spacial score (nSPS) is 10.3. The van der Waals surface area contributed by atoms with E-state index in [4.69, 9.17) is 12.2 Å². The van der Waals surface area contributed by atoms with Crippen molar-refractivity contribution >= 4 is 50.7 Å². The number of thiocarbonyl (C=S) groups is 1. The van der Waals surface area contributed by atoms with Gasteiger partial charge in [-0.3, -0.25) is 0 Å². The fourth-order valence-corrected chi connectivity index (χ4v) is 3.24. The van der Waals surface area contributed by atoms with E-state index in [1.807, 2.05) is 36.4 Å². The van der Waals surface area contributed by atoms with Gasteiger partial charge in [0, 0.05) is 28.2 Å². The summed E-state index contributed by atoms with van der Waals surface area (Å²) < 4.78 is 14.4. The Labute approximate surface area is 148 Å². The Morgan fingerprint density at radius 2 is 2.00 bits per heavy atom. The van der Waals surface area contributed by atoms with E-state index in [1.54, 1.807) is 17.8 Å². The molecule has 0 bridgehead atoms. The smallest absolute Gasteiger partial charge is 0.170 e. The molecule has 0 saturated carbocycles. The summed E-state index contributed by atoms with van der Waals surface area (Å²) in [6.45, 7) is 0.735. The number of nitrogens with one attached hydrogen (secondary N) is 2. The Morgan fingerprint density at radius 3 is 2.77 bits per heavy atom. The first-order valence-corrected chi connectivity index (χ1v) is 9.12. The molecular weight excluding hydrogens is 383 g/mol. The molecule has 22 heavy (non-hydrogen) atoms. The van der Waals surface area contributed by atoms with Crippen molar-refractivity contribution in [2.24, 2.45) is 0 Å². The van der Waals surface area contributed by atoms with Gasteiger partial charge in [-0.1, -0.05) is 40.2 Å². The number of halogens is 2. The molecule has 0 amide bonds. The van der Waals surface area contributed by atoms with Gasteiger partial charge < -0.3 is 10.6 Å². The molecule has 0 radical (unpaired) electrons. The Kier molecular flexibility index (Phi) is 7.15. The Balaban J connectivity index is 1.64. The molecular formula is C16H16BrFN2S2. The van der Waals surface area contributed by atoms with Crippen molar-refractivity contribution in [2.75, 3.05) is 17.6 Å². The predicted molar refractivity (Wildman–Crippen MR) is 101 cm³/mol. The molecule has 2 aromatic rings. The highest BCUT2D eigenvalue weighted by atomic mass is 79.9. The summed E-state index contributed by atoms with van der Waals surface area (Å²) in [7, 11) is 0. The second-order valence-corrected chi connectivity index (χ2v) is 6.96. The van der Waals surface area contributed by atoms with E-state index >= 15 is 0 Å². The van der Waals surface area contributed by atoms with Crippen LogP contribution < -0.4 is 10.6 Å². The number of hydrogen-bond donors (Lipinski definition) is 2. The summed E-state index contributed by atoms with van der Waals surface area (Å²) in [6.07, 6.45) is 0. The van der Waals surface area contributed by atoms with E-state index in [0.29, 0.717) is 10.9 Å². The second-order valence-electron chi connectivity index (χ2n) is 4.54. The van der Waals surface area contributed by atoms with Crippen molar-refractivity contribution < 1.29 is 4.39 Å². The third kappa shape index (κ3) is 5.94. The van der Waals surface area contributed by atoms with Crippen LogP contribution in [0.15, 0.2) is 53.0 Å². The molecule has 0 atom stereocenters. The standard InChI is InChI=1S/C16H16BrFN2S2/c17-13-5-3-6-14(10-13)20-16(21)19-8-9-22-11-12-4-1-2-7-15(12)18/h1-7,10H,8-9,11H2,(H2,19,20,21). The molecule has 0 aliphatic rings. The van der Waals surface area contributed by atoms with Crippen LogP contribution in [-0.4, -0.2) is 17.4 Å². The van der Waals surface area contributed by atoms with Crippen LogP contribution in [0.4, 0.5) is 10.1 Å². The van der Waals surface area contributed by atoms with Crippen molar-refractivity contribution in [1.29, 1.82) is 0 Å². The molecule has 2 aromatic carbocycles. The molecule has 0 heterocycles. The van der Waals surface area contributed by atoms with Crippen LogP contribution in [0.25, 0.3) is 0 Å². The lowest BCUT2D eigenvalue weighted by molar-refractivity contribution is 0.617. The molecule has 0 aliphatic heterocycles. The summed E-state index contributed by atoms with van der Waals surface area (Å²) in [5.41, 5.74) is 1.67. The fourth-order valence-electron chi connectivity index (χ4n) is 1.78. The lowest BCUT2D eigenvalue weighted by Gasteiger charge is -2.10. The minimum Gasteiger partial charge on any atom is -0.362 e. The Bertz CT molecular complexity index is 637. The largest absolute Gasteiger partial charge is 0.362 e. The molecule has 6 heteroatoms. The molecule has 0 saturated heterocycles. The molecule has 0 aromatic heterocycles. The lowest BCUT2D eigenvalue weighted by Crippen LogP contribution is -2.30. The highest BCUT2D eigenvalue weighted by Crippen LogP contribution is 2.16. The molecule has 0 fully saturated rings. The fraction of sp³-hybridized carbons (Fsp3) is 0.188. The minimum atomic E-state index is -0.144. The van der Waals surface area contributed by atoms with Crippen LogP contribution >= 0.6 is 39.9 Å². The molecule has 2 rings (SSSR count). The number of thioether (sulfide) groups is 1. The Hall–Kier alpha value is -1.11. The van der Waals surface area contributed by atoms with Crippen molar-refractivity contribution in [1.82, 2.24) is 5.32 Å². The number of hydrogen-bond acceptors (Lipinski definition) is 2.